The van der Waals surface area contributed by atoms with Crippen LogP contribution in [0.1, 0.15) is 26.2 Å². The van der Waals surface area contributed by atoms with E-state index in [1.54, 1.807) is 11.3 Å². The molecule has 1 fully saturated rings. The van der Waals surface area contributed by atoms with Gasteiger partial charge in [0.2, 0.25) is 0 Å². The van der Waals surface area contributed by atoms with E-state index in [0.29, 0.717) is 6.04 Å². The summed E-state index contributed by atoms with van der Waals surface area (Å²) in [5, 5.41) is 5.53. The zero-order valence-corrected chi connectivity index (χ0v) is 11.3. The summed E-state index contributed by atoms with van der Waals surface area (Å²) in [6, 6.07) is 4.41. The van der Waals surface area contributed by atoms with Crippen molar-refractivity contribution in [1.82, 2.24) is 5.32 Å². The average Bonchev–Trinajstić information content (AvgIpc) is 2.98. The first-order chi connectivity index (χ1) is 7.81. The molecule has 0 radical (unpaired) electrons. The van der Waals surface area contributed by atoms with Gasteiger partial charge in [-0.2, -0.15) is 0 Å². The van der Waals surface area contributed by atoms with Crippen molar-refractivity contribution in [2.75, 3.05) is 12.3 Å². The lowest BCUT2D eigenvalue weighted by molar-refractivity contribution is 0.499. The van der Waals surface area contributed by atoms with Crippen LogP contribution in [-0.2, 0) is 10.8 Å². The van der Waals surface area contributed by atoms with Gasteiger partial charge in [0.15, 0.2) is 0 Å². The first kappa shape index (κ1) is 12.3. The minimum absolute atomic E-state index is 0.461. The van der Waals surface area contributed by atoms with E-state index in [9.17, 15) is 4.21 Å². The van der Waals surface area contributed by atoms with Gasteiger partial charge in [-0.05, 0) is 43.2 Å². The van der Waals surface area contributed by atoms with Crippen LogP contribution in [0.4, 0.5) is 0 Å². The van der Waals surface area contributed by atoms with E-state index in [1.807, 2.05) is 17.5 Å². The molecule has 1 N–H and O–H groups in total. The van der Waals surface area contributed by atoms with Crippen molar-refractivity contribution < 1.29 is 4.21 Å². The maximum absolute atomic E-state index is 12.1. The molecule has 1 aliphatic carbocycles. The minimum atomic E-state index is -0.810. The van der Waals surface area contributed by atoms with Crippen LogP contribution >= 0.6 is 11.3 Å². The minimum Gasteiger partial charge on any atom is -0.313 e. The van der Waals surface area contributed by atoms with E-state index >= 15 is 0 Å². The molecule has 0 amide bonds. The molecule has 90 valence electrons. The lowest BCUT2D eigenvalue weighted by Crippen LogP contribution is -2.36. The quantitative estimate of drug-likeness (QED) is 0.813. The van der Waals surface area contributed by atoms with Gasteiger partial charge < -0.3 is 5.32 Å². The Bertz CT molecular complexity index is 333. The van der Waals surface area contributed by atoms with Gasteiger partial charge in [0.25, 0.3) is 0 Å². The normalized spacial score (nSPS) is 19.6. The summed E-state index contributed by atoms with van der Waals surface area (Å²) in [5.74, 6) is 1.56. The van der Waals surface area contributed by atoms with Crippen LogP contribution in [0, 0.1) is 5.92 Å². The Morgan fingerprint density at radius 3 is 3.00 bits per heavy atom. The van der Waals surface area contributed by atoms with Crippen molar-refractivity contribution in [3.05, 3.63) is 17.5 Å². The van der Waals surface area contributed by atoms with Crippen LogP contribution < -0.4 is 5.32 Å². The summed E-state index contributed by atoms with van der Waals surface area (Å²) in [6.07, 6.45) is 3.76. The van der Waals surface area contributed by atoms with Gasteiger partial charge in [-0.1, -0.05) is 13.0 Å². The lowest BCUT2D eigenvalue weighted by Gasteiger charge is -2.16. The summed E-state index contributed by atoms with van der Waals surface area (Å²) in [5.41, 5.74) is 0. The molecule has 16 heavy (non-hydrogen) atoms. The van der Waals surface area contributed by atoms with Crippen molar-refractivity contribution in [3.63, 3.8) is 0 Å². The van der Waals surface area contributed by atoms with E-state index in [-0.39, 0.29) is 0 Å². The molecule has 1 aromatic heterocycles. The summed E-state index contributed by atoms with van der Waals surface area (Å²) < 4.78 is 13.1. The highest BCUT2D eigenvalue weighted by Gasteiger charge is 2.32. The fourth-order valence-corrected chi connectivity index (χ4v) is 4.19. The molecule has 1 saturated carbocycles. The predicted octanol–water partition coefficient (Wildman–Crippen LogP) is 2.63. The second kappa shape index (κ2) is 5.94. The smallest absolute Gasteiger partial charge is 0.0911 e. The number of thiophene rings is 1. The number of hydrogen-bond acceptors (Lipinski definition) is 3. The molecule has 2 unspecified atom stereocenters. The van der Waals surface area contributed by atoms with Crippen molar-refractivity contribution in [3.8, 4) is 0 Å². The van der Waals surface area contributed by atoms with E-state index in [2.05, 4.69) is 12.2 Å². The Kier molecular flexibility index (Phi) is 4.55. The lowest BCUT2D eigenvalue weighted by atomic mass is 10.2. The fourth-order valence-electron chi connectivity index (χ4n) is 1.83. The van der Waals surface area contributed by atoms with E-state index in [1.165, 1.54) is 12.8 Å². The van der Waals surface area contributed by atoms with Crippen molar-refractivity contribution in [2.45, 2.75) is 36.4 Å². The van der Waals surface area contributed by atoms with E-state index in [0.717, 1.165) is 28.8 Å². The molecule has 0 bridgehead atoms. The van der Waals surface area contributed by atoms with Crippen molar-refractivity contribution >= 4 is 22.1 Å². The second-order valence-electron chi connectivity index (χ2n) is 4.34. The zero-order valence-electron chi connectivity index (χ0n) is 9.65. The molecule has 2 atom stereocenters. The summed E-state index contributed by atoms with van der Waals surface area (Å²) in [7, 11) is -0.810. The number of nitrogens with one attached hydrogen (secondary N) is 1. The van der Waals surface area contributed by atoms with Gasteiger partial charge in [0.05, 0.1) is 15.0 Å². The number of hydrogen-bond donors (Lipinski definition) is 1. The molecule has 0 saturated heterocycles. The molecule has 1 aromatic rings. The third-order valence-electron chi connectivity index (χ3n) is 2.90. The first-order valence-corrected chi connectivity index (χ1v) is 8.16. The van der Waals surface area contributed by atoms with Crippen LogP contribution in [-0.4, -0.2) is 22.5 Å². The van der Waals surface area contributed by atoms with Crippen LogP contribution in [0.2, 0.25) is 0 Å². The third-order valence-corrected chi connectivity index (χ3v) is 5.65. The molecule has 2 nitrogen and oxygen atoms in total. The van der Waals surface area contributed by atoms with Crippen LogP contribution in [0.15, 0.2) is 21.7 Å². The maximum Gasteiger partial charge on any atom is 0.0911 e. The van der Waals surface area contributed by atoms with E-state index < -0.39 is 10.8 Å². The molecule has 1 heterocycles. The molecular formula is C12H19NOS2. The van der Waals surface area contributed by atoms with E-state index in [4.69, 9.17) is 0 Å². The highest BCUT2D eigenvalue weighted by molar-refractivity contribution is 7.87. The molecule has 4 heteroatoms. The van der Waals surface area contributed by atoms with Gasteiger partial charge in [-0.25, -0.2) is 0 Å². The Morgan fingerprint density at radius 1 is 1.62 bits per heavy atom. The average molecular weight is 257 g/mol. The predicted molar refractivity (Wildman–Crippen MR) is 70.4 cm³/mol. The molecule has 0 aliphatic heterocycles. The maximum atomic E-state index is 12.1. The van der Waals surface area contributed by atoms with Gasteiger partial charge in [-0.3, -0.25) is 4.21 Å². The Hall–Kier alpha value is -0.190. The number of rotatable bonds is 7. The fraction of sp³-hybridized carbons (Fsp3) is 0.667. The van der Waals surface area contributed by atoms with Crippen LogP contribution in [0.5, 0.6) is 0 Å². The topological polar surface area (TPSA) is 29.1 Å². The summed E-state index contributed by atoms with van der Waals surface area (Å²) in [6.45, 7) is 3.22. The molecule has 0 spiro atoms. The largest absolute Gasteiger partial charge is 0.313 e. The first-order valence-electron chi connectivity index (χ1n) is 5.96. The Morgan fingerprint density at radius 2 is 2.44 bits per heavy atom. The van der Waals surface area contributed by atoms with Crippen LogP contribution in [0.25, 0.3) is 0 Å². The second-order valence-corrected chi connectivity index (χ2v) is 7.01. The molecule has 0 aromatic carbocycles. The molecular weight excluding hydrogens is 238 g/mol. The van der Waals surface area contributed by atoms with Gasteiger partial charge >= 0.3 is 0 Å². The zero-order chi connectivity index (χ0) is 11.4. The highest BCUT2D eigenvalue weighted by atomic mass is 32.2. The molecule has 2 rings (SSSR count). The third kappa shape index (κ3) is 3.40. The van der Waals surface area contributed by atoms with Gasteiger partial charge in [-0.15, -0.1) is 11.3 Å². The Balaban J connectivity index is 1.87. The SMILES string of the molecule is CCCNC(CS(=O)c1cccs1)C1CC1. The summed E-state index contributed by atoms with van der Waals surface area (Å²) >= 11 is 1.60. The van der Waals surface area contributed by atoms with Crippen LogP contribution in [0.3, 0.4) is 0 Å². The monoisotopic (exact) mass is 257 g/mol. The highest BCUT2D eigenvalue weighted by Crippen LogP contribution is 2.33. The van der Waals surface area contributed by atoms with Gasteiger partial charge in [0, 0.05) is 11.8 Å². The Labute approximate surface area is 104 Å². The molecule has 1 aliphatic rings. The van der Waals surface area contributed by atoms with Crippen molar-refractivity contribution in [1.29, 1.82) is 0 Å². The van der Waals surface area contributed by atoms with Crippen molar-refractivity contribution in [2.24, 2.45) is 5.92 Å². The van der Waals surface area contributed by atoms with Gasteiger partial charge in [0.1, 0.15) is 0 Å². The summed E-state index contributed by atoms with van der Waals surface area (Å²) in [4.78, 5) is 0. The standard InChI is InChI=1S/C12H19NOS2/c1-2-7-13-11(10-5-6-10)9-16(14)12-4-3-8-15-12/h3-4,8,10-11,13H,2,5-7,9H2,1H3.